The monoisotopic (exact) mass is 250 g/mol. The molecule has 0 atom stereocenters. The summed E-state index contributed by atoms with van der Waals surface area (Å²) in [5, 5.41) is 12.8. The van der Waals surface area contributed by atoms with Crippen molar-refractivity contribution in [2.45, 2.75) is 0 Å². The maximum atomic E-state index is 12.7. The summed E-state index contributed by atoms with van der Waals surface area (Å²) in [6, 6.07) is 4.77. The lowest BCUT2D eigenvalue weighted by atomic mass is 10.2. The van der Waals surface area contributed by atoms with Crippen LogP contribution in [0.4, 0.5) is 16.0 Å². The van der Waals surface area contributed by atoms with Gasteiger partial charge in [-0.25, -0.2) is 9.37 Å². The lowest BCUT2D eigenvalue weighted by Gasteiger charge is -2.02. The molecule has 0 saturated carbocycles. The van der Waals surface area contributed by atoms with Gasteiger partial charge in [0.2, 0.25) is 5.82 Å². The first-order chi connectivity index (χ1) is 8.58. The molecule has 1 aromatic carbocycles. The fourth-order valence-electron chi connectivity index (χ4n) is 1.30. The number of benzene rings is 1. The number of nitrogens with one attached hydrogen (secondary N) is 2. The van der Waals surface area contributed by atoms with Crippen molar-refractivity contribution in [2.75, 3.05) is 5.32 Å². The molecule has 1 aromatic heterocycles. The standard InChI is InChI=1S/C10H7FN4O3/c11-7-3-1-6(2-4-7)10(16)14-8-9(15(17)18)13-5-12-8/h1-5H,(H,12,13)(H,14,16). The summed E-state index contributed by atoms with van der Waals surface area (Å²) in [6.45, 7) is 0. The Balaban J connectivity index is 2.19. The maximum Gasteiger partial charge on any atom is 0.365 e. The minimum Gasteiger partial charge on any atom is -0.358 e. The number of nitro groups is 1. The number of halogens is 1. The molecule has 0 saturated heterocycles. The molecular formula is C10H7FN4O3. The van der Waals surface area contributed by atoms with Crippen molar-refractivity contribution >= 4 is 17.5 Å². The van der Waals surface area contributed by atoms with Crippen LogP contribution in [0, 0.1) is 15.9 Å². The Morgan fingerprint density at radius 1 is 1.39 bits per heavy atom. The Hall–Kier alpha value is -2.77. The van der Waals surface area contributed by atoms with Crippen molar-refractivity contribution in [3.05, 3.63) is 52.1 Å². The average Bonchev–Trinajstić information content (AvgIpc) is 2.78. The van der Waals surface area contributed by atoms with Gasteiger partial charge in [-0.05, 0) is 29.2 Å². The Labute approximate surface area is 99.8 Å². The molecule has 0 spiro atoms. The predicted octanol–water partition coefficient (Wildman–Crippen LogP) is 1.71. The molecule has 2 aromatic rings. The van der Waals surface area contributed by atoms with E-state index in [9.17, 15) is 19.3 Å². The number of H-pyrrole nitrogens is 1. The first kappa shape index (κ1) is 11.7. The van der Waals surface area contributed by atoms with Gasteiger partial charge in [-0.15, -0.1) is 0 Å². The molecule has 0 bridgehead atoms. The van der Waals surface area contributed by atoms with Gasteiger partial charge in [-0.3, -0.25) is 10.1 Å². The molecule has 0 fully saturated rings. The van der Waals surface area contributed by atoms with Gasteiger partial charge < -0.3 is 10.1 Å². The zero-order chi connectivity index (χ0) is 13.1. The van der Waals surface area contributed by atoms with E-state index >= 15 is 0 Å². The SMILES string of the molecule is O=C(Nc1nc[nH]c1[N+](=O)[O-])c1ccc(F)cc1. The predicted molar refractivity (Wildman–Crippen MR) is 59.6 cm³/mol. The largest absolute Gasteiger partial charge is 0.365 e. The number of carbonyl (C=O) groups is 1. The second-order valence-electron chi connectivity index (χ2n) is 3.32. The van der Waals surface area contributed by atoms with Gasteiger partial charge in [-0.2, -0.15) is 4.98 Å². The number of imidazole rings is 1. The quantitative estimate of drug-likeness (QED) is 0.639. The van der Waals surface area contributed by atoms with Crippen LogP contribution in [-0.2, 0) is 0 Å². The van der Waals surface area contributed by atoms with Gasteiger partial charge >= 0.3 is 5.82 Å². The van der Waals surface area contributed by atoms with Crippen molar-refractivity contribution in [3.8, 4) is 0 Å². The zero-order valence-corrected chi connectivity index (χ0v) is 8.88. The molecule has 0 aliphatic heterocycles. The Bertz CT molecular complexity index is 593. The first-order valence-corrected chi connectivity index (χ1v) is 4.82. The van der Waals surface area contributed by atoms with E-state index < -0.39 is 22.5 Å². The summed E-state index contributed by atoms with van der Waals surface area (Å²) in [7, 11) is 0. The van der Waals surface area contributed by atoms with Crippen molar-refractivity contribution in [3.63, 3.8) is 0 Å². The van der Waals surface area contributed by atoms with Gasteiger partial charge in [0.1, 0.15) is 5.82 Å². The summed E-state index contributed by atoms with van der Waals surface area (Å²) >= 11 is 0. The average molecular weight is 250 g/mol. The van der Waals surface area contributed by atoms with Gasteiger partial charge in [0.15, 0.2) is 6.33 Å². The molecule has 2 N–H and O–H groups in total. The van der Waals surface area contributed by atoms with E-state index in [-0.39, 0.29) is 11.4 Å². The highest BCUT2D eigenvalue weighted by Crippen LogP contribution is 2.18. The van der Waals surface area contributed by atoms with Crippen molar-refractivity contribution < 1.29 is 14.1 Å². The Morgan fingerprint density at radius 3 is 2.67 bits per heavy atom. The second kappa shape index (κ2) is 4.62. The maximum absolute atomic E-state index is 12.7. The second-order valence-corrected chi connectivity index (χ2v) is 3.32. The minimum absolute atomic E-state index is 0.175. The van der Waals surface area contributed by atoms with Crippen LogP contribution in [0.15, 0.2) is 30.6 Å². The normalized spacial score (nSPS) is 10.1. The number of hydrogen-bond donors (Lipinski definition) is 2. The highest BCUT2D eigenvalue weighted by atomic mass is 19.1. The topological polar surface area (TPSA) is 101 Å². The molecule has 8 heteroatoms. The van der Waals surface area contributed by atoms with E-state index in [0.29, 0.717) is 0 Å². The molecule has 18 heavy (non-hydrogen) atoms. The van der Waals surface area contributed by atoms with Gasteiger partial charge in [0, 0.05) is 5.56 Å². The van der Waals surface area contributed by atoms with Crippen molar-refractivity contribution in [1.82, 2.24) is 9.97 Å². The molecule has 7 nitrogen and oxygen atoms in total. The minimum atomic E-state index is -0.701. The van der Waals surface area contributed by atoms with E-state index in [1.54, 1.807) is 0 Å². The van der Waals surface area contributed by atoms with E-state index in [2.05, 4.69) is 15.3 Å². The van der Waals surface area contributed by atoms with Gasteiger partial charge in [-0.1, -0.05) is 0 Å². The number of rotatable bonds is 3. The summed E-state index contributed by atoms with van der Waals surface area (Å²) < 4.78 is 12.7. The summed E-state index contributed by atoms with van der Waals surface area (Å²) in [6.07, 6.45) is 1.10. The molecule has 0 radical (unpaired) electrons. The first-order valence-electron chi connectivity index (χ1n) is 4.82. The van der Waals surface area contributed by atoms with Crippen LogP contribution in [-0.4, -0.2) is 20.8 Å². The summed E-state index contributed by atoms with van der Waals surface area (Å²) in [5.41, 5.74) is 0.175. The molecule has 2 rings (SSSR count). The van der Waals surface area contributed by atoms with Crippen LogP contribution in [0.1, 0.15) is 10.4 Å². The number of carbonyl (C=O) groups excluding carboxylic acids is 1. The van der Waals surface area contributed by atoms with E-state index in [1.165, 1.54) is 12.1 Å². The third-order valence-corrected chi connectivity index (χ3v) is 2.14. The fraction of sp³-hybridized carbons (Fsp3) is 0. The summed E-state index contributed by atoms with van der Waals surface area (Å²) in [4.78, 5) is 27.5. The number of amides is 1. The van der Waals surface area contributed by atoms with Crippen molar-refractivity contribution in [1.29, 1.82) is 0 Å². The lowest BCUT2D eigenvalue weighted by molar-refractivity contribution is -0.388. The van der Waals surface area contributed by atoms with Crippen LogP contribution < -0.4 is 5.32 Å². The summed E-state index contributed by atoms with van der Waals surface area (Å²) in [5.74, 6) is -1.68. The zero-order valence-electron chi connectivity index (χ0n) is 8.88. The van der Waals surface area contributed by atoms with Gasteiger partial charge in [0.25, 0.3) is 5.91 Å². The highest BCUT2D eigenvalue weighted by Gasteiger charge is 2.18. The molecule has 92 valence electrons. The van der Waals surface area contributed by atoms with E-state index in [4.69, 9.17) is 0 Å². The number of aromatic nitrogens is 2. The van der Waals surface area contributed by atoms with Crippen LogP contribution in [0.3, 0.4) is 0 Å². The van der Waals surface area contributed by atoms with E-state index in [0.717, 1.165) is 18.5 Å². The van der Waals surface area contributed by atoms with E-state index in [1.807, 2.05) is 0 Å². The molecule has 0 aliphatic carbocycles. The van der Waals surface area contributed by atoms with Crippen LogP contribution in [0.25, 0.3) is 0 Å². The number of nitrogens with zero attached hydrogens (tertiary/aromatic N) is 2. The fourth-order valence-corrected chi connectivity index (χ4v) is 1.30. The molecule has 0 aliphatic rings. The van der Waals surface area contributed by atoms with Gasteiger partial charge in [0.05, 0.1) is 0 Å². The van der Waals surface area contributed by atoms with Crippen LogP contribution >= 0.6 is 0 Å². The molecule has 1 heterocycles. The van der Waals surface area contributed by atoms with Crippen molar-refractivity contribution in [2.24, 2.45) is 0 Å². The number of aromatic amines is 1. The smallest absolute Gasteiger partial charge is 0.358 e. The Morgan fingerprint density at radius 2 is 2.06 bits per heavy atom. The molecule has 0 unspecified atom stereocenters. The van der Waals surface area contributed by atoms with Crippen LogP contribution in [0.2, 0.25) is 0 Å². The lowest BCUT2D eigenvalue weighted by Crippen LogP contribution is -2.13. The molecule has 1 amide bonds. The van der Waals surface area contributed by atoms with Crippen LogP contribution in [0.5, 0.6) is 0 Å². The Kier molecular flexibility index (Phi) is 3.00. The number of hydrogen-bond acceptors (Lipinski definition) is 4. The highest BCUT2D eigenvalue weighted by molar-refractivity contribution is 6.04. The third kappa shape index (κ3) is 2.32. The number of anilines is 1. The third-order valence-electron chi connectivity index (χ3n) is 2.14. The molecular weight excluding hydrogens is 243 g/mol.